The van der Waals surface area contributed by atoms with Crippen molar-refractivity contribution < 1.29 is 4.79 Å². The minimum absolute atomic E-state index is 0.107. The summed E-state index contributed by atoms with van der Waals surface area (Å²) in [7, 11) is 0. The van der Waals surface area contributed by atoms with E-state index in [0.29, 0.717) is 6.42 Å². The van der Waals surface area contributed by atoms with Crippen LogP contribution in [0, 0.1) is 0 Å². The van der Waals surface area contributed by atoms with Crippen molar-refractivity contribution in [1.29, 1.82) is 0 Å². The molecule has 1 aromatic heterocycles. The number of amides is 1. The van der Waals surface area contributed by atoms with Gasteiger partial charge >= 0.3 is 0 Å². The van der Waals surface area contributed by atoms with E-state index in [-0.39, 0.29) is 5.91 Å². The normalized spacial score (nSPS) is 13.7. The summed E-state index contributed by atoms with van der Waals surface area (Å²) in [5.41, 5.74) is 3.61. The summed E-state index contributed by atoms with van der Waals surface area (Å²) in [6, 6.07) is 10.4. The molecule has 0 saturated carbocycles. The molecule has 0 unspecified atom stereocenters. The Morgan fingerprint density at radius 1 is 1.29 bits per heavy atom. The molecule has 0 bridgehead atoms. The van der Waals surface area contributed by atoms with Crippen molar-refractivity contribution in [2.75, 3.05) is 11.9 Å². The lowest BCUT2D eigenvalue weighted by Crippen LogP contribution is -2.23. The average Bonchev–Trinajstić information content (AvgIpc) is 3.00. The lowest BCUT2D eigenvalue weighted by Gasteiger charge is -2.18. The third-order valence-electron chi connectivity index (χ3n) is 3.78. The van der Waals surface area contributed by atoms with E-state index in [9.17, 15) is 4.79 Å². The molecule has 1 amide bonds. The first-order chi connectivity index (χ1) is 10.3. The predicted octanol–water partition coefficient (Wildman–Crippen LogP) is 3.36. The lowest BCUT2D eigenvalue weighted by atomic mass is 10.0. The second-order valence-corrected chi connectivity index (χ2v) is 6.42. The molecule has 21 heavy (non-hydrogen) atoms. The Morgan fingerprint density at radius 3 is 3.10 bits per heavy atom. The van der Waals surface area contributed by atoms with Crippen molar-refractivity contribution in [3.05, 3.63) is 51.7 Å². The summed E-state index contributed by atoms with van der Waals surface area (Å²) in [6.07, 6.45) is 3.54. The molecule has 3 nitrogen and oxygen atoms in total. The monoisotopic (exact) mass is 300 g/mol. The molecule has 2 N–H and O–H groups in total. The Morgan fingerprint density at radius 2 is 2.24 bits per heavy atom. The van der Waals surface area contributed by atoms with Gasteiger partial charge in [0.05, 0.1) is 0 Å². The van der Waals surface area contributed by atoms with Gasteiger partial charge < -0.3 is 10.6 Å². The van der Waals surface area contributed by atoms with E-state index in [2.05, 4.69) is 40.3 Å². The van der Waals surface area contributed by atoms with Crippen molar-refractivity contribution in [1.82, 2.24) is 5.32 Å². The minimum atomic E-state index is 0.107. The molecule has 0 radical (unpaired) electrons. The van der Waals surface area contributed by atoms with Crippen molar-refractivity contribution in [2.24, 2.45) is 0 Å². The van der Waals surface area contributed by atoms with Gasteiger partial charge in [0.2, 0.25) is 5.91 Å². The summed E-state index contributed by atoms with van der Waals surface area (Å²) in [5, 5.41) is 8.45. The molecule has 0 atom stereocenters. The van der Waals surface area contributed by atoms with Gasteiger partial charge in [-0.2, -0.15) is 0 Å². The van der Waals surface area contributed by atoms with E-state index in [1.54, 1.807) is 11.3 Å². The molecule has 0 fully saturated rings. The van der Waals surface area contributed by atoms with Gasteiger partial charge in [0.1, 0.15) is 0 Å². The van der Waals surface area contributed by atoms with Crippen LogP contribution in [0.3, 0.4) is 0 Å². The first-order valence-electron chi connectivity index (χ1n) is 7.46. The molecule has 3 rings (SSSR count). The van der Waals surface area contributed by atoms with E-state index in [1.165, 1.54) is 16.0 Å². The molecular formula is C17H20N2OS. The van der Waals surface area contributed by atoms with Crippen LogP contribution in [0.25, 0.3) is 0 Å². The van der Waals surface area contributed by atoms with Crippen LogP contribution in [0.1, 0.15) is 28.8 Å². The van der Waals surface area contributed by atoms with Crippen LogP contribution in [0.2, 0.25) is 0 Å². The van der Waals surface area contributed by atoms with Gasteiger partial charge in [-0.15, -0.1) is 11.3 Å². The number of nitrogens with one attached hydrogen (secondary N) is 2. The van der Waals surface area contributed by atoms with Gasteiger partial charge in [-0.05, 0) is 60.5 Å². The number of hydrogen-bond acceptors (Lipinski definition) is 3. The molecule has 1 aliphatic rings. The lowest BCUT2D eigenvalue weighted by molar-refractivity contribution is -0.116. The quantitative estimate of drug-likeness (QED) is 0.889. The number of carbonyl (C=O) groups excluding carboxylic acids is 1. The number of aryl methyl sites for hydroxylation is 1. The third-order valence-corrected chi connectivity index (χ3v) is 4.72. The molecule has 2 aromatic rings. The second-order valence-electron chi connectivity index (χ2n) is 5.39. The first kappa shape index (κ1) is 14.3. The fraction of sp³-hybridized carbons (Fsp3) is 0.353. The largest absolute Gasteiger partial charge is 0.326 e. The van der Waals surface area contributed by atoms with E-state index in [4.69, 9.17) is 0 Å². The van der Waals surface area contributed by atoms with Crippen LogP contribution in [0.15, 0.2) is 35.7 Å². The van der Waals surface area contributed by atoms with Gasteiger partial charge in [0.25, 0.3) is 0 Å². The van der Waals surface area contributed by atoms with Crippen LogP contribution < -0.4 is 10.6 Å². The number of rotatable bonds is 5. The Labute approximate surface area is 129 Å². The molecule has 2 heterocycles. The minimum Gasteiger partial charge on any atom is -0.326 e. The zero-order valence-electron chi connectivity index (χ0n) is 12.0. The molecular weight excluding hydrogens is 280 g/mol. The van der Waals surface area contributed by atoms with E-state index in [1.807, 2.05) is 6.07 Å². The van der Waals surface area contributed by atoms with E-state index in [0.717, 1.165) is 38.0 Å². The van der Waals surface area contributed by atoms with Crippen LogP contribution in [0.4, 0.5) is 5.69 Å². The smallest absolute Gasteiger partial charge is 0.224 e. The average molecular weight is 300 g/mol. The maximum absolute atomic E-state index is 12.0. The Kier molecular flexibility index (Phi) is 4.68. The number of thiophene rings is 1. The van der Waals surface area contributed by atoms with Crippen molar-refractivity contribution in [2.45, 2.75) is 32.2 Å². The Hall–Kier alpha value is -1.65. The van der Waals surface area contributed by atoms with Crippen molar-refractivity contribution >= 4 is 22.9 Å². The SMILES string of the molecule is O=C(CCCc1cccs1)Nc1ccc2c(c1)CNCC2. The highest BCUT2D eigenvalue weighted by Crippen LogP contribution is 2.19. The van der Waals surface area contributed by atoms with Crippen molar-refractivity contribution in [3.8, 4) is 0 Å². The molecule has 0 spiro atoms. The van der Waals surface area contributed by atoms with Gasteiger partial charge in [-0.3, -0.25) is 4.79 Å². The summed E-state index contributed by atoms with van der Waals surface area (Å²) < 4.78 is 0. The molecule has 4 heteroatoms. The first-order valence-corrected chi connectivity index (χ1v) is 8.34. The number of hydrogen-bond donors (Lipinski definition) is 2. The molecule has 1 aromatic carbocycles. The highest BCUT2D eigenvalue weighted by Gasteiger charge is 2.10. The molecule has 110 valence electrons. The molecule has 0 saturated heterocycles. The molecule has 1 aliphatic heterocycles. The van der Waals surface area contributed by atoms with E-state index >= 15 is 0 Å². The maximum Gasteiger partial charge on any atom is 0.224 e. The van der Waals surface area contributed by atoms with Crippen molar-refractivity contribution in [3.63, 3.8) is 0 Å². The Bertz CT molecular complexity index is 607. The zero-order chi connectivity index (χ0) is 14.5. The van der Waals surface area contributed by atoms with Crippen LogP contribution in [0.5, 0.6) is 0 Å². The Balaban J connectivity index is 1.50. The molecule has 0 aliphatic carbocycles. The van der Waals surface area contributed by atoms with Crippen LogP contribution in [-0.2, 0) is 24.2 Å². The number of benzene rings is 1. The summed E-state index contributed by atoms with van der Waals surface area (Å²) in [6.45, 7) is 1.94. The van der Waals surface area contributed by atoms with E-state index < -0.39 is 0 Å². The van der Waals surface area contributed by atoms with Gasteiger partial charge in [0, 0.05) is 23.5 Å². The fourth-order valence-electron chi connectivity index (χ4n) is 2.66. The third kappa shape index (κ3) is 3.93. The number of carbonyl (C=O) groups is 1. The highest BCUT2D eigenvalue weighted by atomic mass is 32.1. The van der Waals surface area contributed by atoms with Gasteiger partial charge in [0.15, 0.2) is 0 Å². The summed E-state index contributed by atoms with van der Waals surface area (Å²) in [5.74, 6) is 0.107. The highest BCUT2D eigenvalue weighted by molar-refractivity contribution is 7.09. The number of anilines is 1. The summed E-state index contributed by atoms with van der Waals surface area (Å²) >= 11 is 1.76. The van der Waals surface area contributed by atoms with Crippen LogP contribution >= 0.6 is 11.3 Å². The predicted molar refractivity (Wildman–Crippen MR) is 87.7 cm³/mol. The second kappa shape index (κ2) is 6.87. The van der Waals surface area contributed by atoms with Crippen LogP contribution in [-0.4, -0.2) is 12.5 Å². The van der Waals surface area contributed by atoms with Gasteiger partial charge in [-0.1, -0.05) is 12.1 Å². The zero-order valence-corrected chi connectivity index (χ0v) is 12.8. The fourth-order valence-corrected chi connectivity index (χ4v) is 3.41. The summed E-state index contributed by atoms with van der Waals surface area (Å²) in [4.78, 5) is 13.3. The van der Waals surface area contributed by atoms with Gasteiger partial charge in [-0.25, -0.2) is 0 Å². The maximum atomic E-state index is 12.0. The topological polar surface area (TPSA) is 41.1 Å². The number of fused-ring (bicyclic) bond motifs is 1. The standard InChI is InChI=1S/C17H20N2OS/c20-17(5-1-3-16-4-2-10-21-16)19-15-7-6-13-8-9-18-12-14(13)11-15/h2,4,6-7,10-11,18H,1,3,5,8-9,12H2,(H,19,20).